The maximum atomic E-state index is 14.3. The van der Waals surface area contributed by atoms with E-state index in [9.17, 15) is 19.2 Å². The van der Waals surface area contributed by atoms with Crippen molar-refractivity contribution in [3.8, 4) is 0 Å². The first-order chi connectivity index (χ1) is 25.8. The Morgan fingerprint density at radius 3 is 2.37 bits per heavy atom. The van der Waals surface area contributed by atoms with Gasteiger partial charge < -0.3 is 35.2 Å². The lowest BCUT2D eigenvalue weighted by Crippen LogP contribution is -2.61. The average molecular weight is 769 g/mol. The van der Waals surface area contributed by atoms with Crippen molar-refractivity contribution in [3.63, 3.8) is 0 Å². The van der Waals surface area contributed by atoms with Gasteiger partial charge >= 0.3 is 0 Å². The fourth-order valence-electron chi connectivity index (χ4n) is 8.19. The molecule has 0 unspecified atom stereocenters. The third kappa shape index (κ3) is 10.5. The third-order valence-corrected chi connectivity index (χ3v) is 12.6. The molecule has 4 rings (SSSR count). The van der Waals surface area contributed by atoms with Gasteiger partial charge in [-0.1, -0.05) is 71.4 Å². The largest absolute Gasteiger partial charge is 0.379 e. The van der Waals surface area contributed by atoms with Crippen LogP contribution in [0.1, 0.15) is 96.7 Å². The standard InChI is InChI=1S/C41H64N6O6S/c1-10-27(4)35(46(7)39(50)34(26(2)3)45-40(51)41(6)19-15-20-43-41)32(52-8)25-33(48)47-22-14-18-31(47)36(53-9)28(5)37(49)44-30(38-42-21-23-54-38)24-29-16-12-11-13-17-29/h11-13,16-17,21,23,26-28,30-32,34-36,43H,10,14-15,18-20,22,24-25H2,1-9H3,(H,44,49)(H,45,51)/t27-,28+,30+,31-,32+,34-,35-,36+,41+/m0/s1. The van der Waals surface area contributed by atoms with Crippen molar-refractivity contribution in [1.82, 2.24) is 30.7 Å². The van der Waals surface area contributed by atoms with Gasteiger partial charge in [-0.3, -0.25) is 19.2 Å². The molecule has 2 fully saturated rings. The molecular weight excluding hydrogens is 705 g/mol. The van der Waals surface area contributed by atoms with Crippen LogP contribution in [0.15, 0.2) is 41.9 Å². The van der Waals surface area contributed by atoms with Crippen molar-refractivity contribution < 1.29 is 28.7 Å². The summed E-state index contributed by atoms with van der Waals surface area (Å²) in [4.78, 5) is 63.8. The highest BCUT2D eigenvalue weighted by Gasteiger charge is 2.44. The number of benzene rings is 1. The maximum Gasteiger partial charge on any atom is 0.245 e. The molecular formula is C41H64N6O6S. The van der Waals surface area contributed by atoms with Crippen LogP contribution in [0.4, 0.5) is 0 Å². The fraction of sp³-hybridized carbons (Fsp3) is 0.683. The van der Waals surface area contributed by atoms with E-state index in [4.69, 9.17) is 9.47 Å². The Hall–Kier alpha value is -3.39. The Kier molecular flexibility index (Phi) is 16.0. The van der Waals surface area contributed by atoms with Crippen LogP contribution in [-0.4, -0.2) is 109 Å². The molecule has 54 heavy (non-hydrogen) atoms. The Bertz CT molecular complexity index is 1500. The Morgan fingerprint density at radius 2 is 1.80 bits per heavy atom. The molecule has 2 aliphatic rings. The lowest BCUT2D eigenvalue weighted by Gasteiger charge is -2.41. The first-order valence-corrected chi connectivity index (χ1v) is 20.6. The van der Waals surface area contributed by atoms with Gasteiger partial charge in [-0.05, 0) is 63.0 Å². The molecule has 0 radical (unpaired) electrons. The number of likely N-dealkylation sites (tertiary alicyclic amines) is 1. The van der Waals surface area contributed by atoms with Crippen molar-refractivity contribution in [3.05, 3.63) is 52.5 Å². The van der Waals surface area contributed by atoms with Gasteiger partial charge in [0.05, 0.1) is 48.2 Å². The molecule has 1 aromatic heterocycles. The number of nitrogens with zero attached hydrogens (tertiary/aromatic N) is 3. The number of hydrogen-bond donors (Lipinski definition) is 3. The number of ether oxygens (including phenoxy) is 2. The summed E-state index contributed by atoms with van der Waals surface area (Å²) in [6.45, 7) is 13.0. The van der Waals surface area contributed by atoms with Gasteiger partial charge in [0.25, 0.3) is 0 Å². The SMILES string of the molecule is CC[C@H](C)[C@@H]([C@@H](CC(=O)N1CCC[C@H]1[C@H](OC)[C@@H](C)C(=O)N[C@H](Cc1ccccc1)c1nccs1)OC)N(C)C(=O)[C@@H](NC(=O)[C@@]1(C)CCCN1)C(C)C. The fourth-order valence-corrected chi connectivity index (χ4v) is 8.88. The normalized spacial score (nSPS) is 22.6. The van der Waals surface area contributed by atoms with Crippen LogP contribution in [0.25, 0.3) is 0 Å². The summed E-state index contributed by atoms with van der Waals surface area (Å²) >= 11 is 1.51. The minimum absolute atomic E-state index is 0.000661. The molecule has 0 saturated carbocycles. The summed E-state index contributed by atoms with van der Waals surface area (Å²) in [5.41, 5.74) is 0.386. The van der Waals surface area contributed by atoms with Gasteiger partial charge in [-0.25, -0.2) is 4.98 Å². The number of methoxy groups -OCH3 is 2. The molecule has 0 aliphatic carbocycles. The van der Waals surface area contributed by atoms with Crippen molar-refractivity contribution >= 4 is 35.0 Å². The molecule has 1 aromatic carbocycles. The zero-order valence-electron chi connectivity index (χ0n) is 33.8. The number of carbonyl (C=O) groups excluding carboxylic acids is 4. The molecule has 2 saturated heterocycles. The maximum absolute atomic E-state index is 14.3. The summed E-state index contributed by atoms with van der Waals surface area (Å²) in [7, 11) is 4.94. The lowest BCUT2D eigenvalue weighted by molar-refractivity contribution is -0.148. The summed E-state index contributed by atoms with van der Waals surface area (Å²) in [5, 5.41) is 12.3. The van der Waals surface area contributed by atoms with E-state index in [1.807, 2.05) is 68.3 Å². The van der Waals surface area contributed by atoms with E-state index in [0.29, 0.717) is 25.8 Å². The highest BCUT2D eigenvalue weighted by molar-refractivity contribution is 7.09. The molecule has 3 heterocycles. The zero-order chi connectivity index (χ0) is 39.6. The van der Waals surface area contributed by atoms with E-state index < -0.39 is 35.7 Å². The second kappa shape index (κ2) is 20.0. The second-order valence-electron chi connectivity index (χ2n) is 15.8. The number of rotatable bonds is 19. The Morgan fingerprint density at radius 1 is 1.07 bits per heavy atom. The zero-order valence-corrected chi connectivity index (χ0v) is 34.6. The summed E-state index contributed by atoms with van der Waals surface area (Å²) in [6, 6.07) is 8.26. The van der Waals surface area contributed by atoms with Gasteiger partial charge in [0.15, 0.2) is 0 Å². The number of amides is 4. The third-order valence-electron chi connectivity index (χ3n) is 11.7. The molecule has 2 aliphatic heterocycles. The monoisotopic (exact) mass is 768 g/mol. The van der Waals surface area contributed by atoms with Crippen molar-refractivity contribution in [2.24, 2.45) is 17.8 Å². The van der Waals surface area contributed by atoms with Crippen LogP contribution in [0.3, 0.4) is 0 Å². The van der Waals surface area contributed by atoms with E-state index in [2.05, 4.69) is 34.8 Å². The van der Waals surface area contributed by atoms with Crippen molar-refractivity contribution in [2.75, 3.05) is 34.4 Å². The second-order valence-corrected chi connectivity index (χ2v) is 16.7. The minimum atomic E-state index is -0.734. The Balaban J connectivity index is 1.47. The van der Waals surface area contributed by atoms with E-state index in [-0.39, 0.29) is 54.0 Å². The van der Waals surface area contributed by atoms with E-state index in [0.717, 1.165) is 36.4 Å². The highest BCUT2D eigenvalue weighted by Crippen LogP contribution is 2.31. The van der Waals surface area contributed by atoms with E-state index in [1.165, 1.54) is 11.3 Å². The molecule has 12 nitrogen and oxygen atoms in total. The molecule has 3 N–H and O–H groups in total. The lowest BCUT2D eigenvalue weighted by atomic mass is 9.89. The molecule has 0 bridgehead atoms. The van der Waals surface area contributed by atoms with Crippen LogP contribution in [0.5, 0.6) is 0 Å². The van der Waals surface area contributed by atoms with Crippen LogP contribution in [-0.2, 0) is 35.1 Å². The van der Waals surface area contributed by atoms with Crippen molar-refractivity contribution in [2.45, 2.75) is 128 Å². The van der Waals surface area contributed by atoms with Crippen LogP contribution >= 0.6 is 11.3 Å². The van der Waals surface area contributed by atoms with E-state index in [1.54, 1.807) is 32.4 Å². The first kappa shape index (κ1) is 43.3. The van der Waals surface area contributed by atoms with E-state index >= 15 is 0 Å². The molecule has 4 amide bonds. The predicted octanol–water partition coefficient (Wildman–Crippen LogP) is 4.75. The molecule has 9 atom stereocenters. The van der Waals surface area contributed by atoms with Crippen LogP contribution in [0, 0.1) is 17.8 Å². The van der Waals surface area contributed by atoms with Gasteiger partial charge in [-0.2, -0.15) is 0 Å². The molecule has 2 aromatic rings. The number of likely N-dealkylation sites (N-methyl/N-ethyl adjacent to an activating group) is 1. The van der Waals surface area contributed by atoms with Crippen molar-refractivity contribution in [1.29, 1.82) is 0 Å². The van der Waals surface area contributed by atoms with Gasteiger partial charge in [0.2, 0.25) is 23.6 Å². The highest BCUT2D eigenvalue weighted by atomic mass is 32.1. The summed E-state index contributed by atoms with van der Waals surface area (Å²) in [6.07, 6.45) is 5.14. The topological polar surface area (TPSA) is 142 Å². The number of thiazole rings is 1. The van der Waals surface area contributed by atoms with Crippen LogP contribution in [0.2, 0.25) is 0 Å². The van der Waals surface area contributed by atoms with Crippen LogP contribution < -0.4 is 16.0 Å². The Labute approximate surface area is 326 Å². The first-order valence-electron chi connectivity index (χ1n) is 19.7. The number of carbonyl (C=O) groups is 4. The molecule has 13 heteroatoms. The number of nitrogens with one attached hydrogen (secondary N) is 3. The quantitative estimate of drug-likeness (QED) is 0.186. The minimum Gasteiger partial charge on any atom is -0.379 e. The number of aromatic nitrogens is 1. The molecule has 300 valence electrons. The average Bonchev–Trinajstić information content (AvgIpc) is 3.97. The summed E-state index contributed by atoms with van der Waals surface area (Å²) < 4.78 is 12.1. The molecule has 0 spiro atoms. The number of hydrogen-bond acceptors (Lipinski definition) is 9. The van der Waals surface area contributed by atoms with Gasteiger partial charge in [-0.15, -0.1) is 11.3 Å². The summed E-state index contributed by atoms with van der Waals surface area (Å²) in [5.74, 6) is -1.35. The predicted molar refractivity (Wildman–Crippen MR) is 212 cm³/mol. The van der Waals surface area contributed by atoms with Gasteiger partial charge in [0, 0.05) is 39.4 Å². The van der Waals surface area contributed by atoms with Gasteiger partial charge in [0.1, 0.15) is 11.0 Å². The smallest absolute Gasteiger partial charge is 0.245 e.